The van der Waals surface area contributed by atoms with E-state index in [1.54, 1.807) is 0 Å². The molecule has 3 nitrogen and oxygen atoms in total. The van der Waals surface area contributed by atoms with Gasteiger partial charge in [-0.3, -0.25) is 0 Å². The number of benzene rings is 1. The fraction of sp³-hybridized carbons (Fsp3) is 0.312. The first-order chi connectivity index (χ1) is 9.75. The van der Waals surface area contributed by atoms with Crippen molar-refractivity contribution in [2.24, 2.45) is 0 Å². The summed E-state index contributed by atoms with van der Waals surface area (Å²) in [7, 11) is 4.26. The highest BCUT2D eigenvalue weighted by atomic mass is 35.5. The maximum absolute atomic E-state index is 3.19. The average Bonchev–Trinajstić information content (AvgIpc) is 2.46. The average molecular weight is 322 g/mol. The minimum atomic E-state index is 0. The molecule has 112 valence electrons. The lowest BCUT2D eigenvalue weighted by atomic mass is 10.2. The largest absolute Gasteiger partial charge is 1.00 e. The highest BCUT2D eigenvalue weighted by Gasteiger charge is 2.23. The van der Waals surface area contributed by atoms with Gasteiger partial charge in [0.15, 0.2) is 12.4 Å². The van der Waals surface area contributed by atoms with Gasteiger partial charge in [-0.15, -0.1) is 0 Å². The minimum absolute atomic E-state index is 0. The molecule has 1 aliphatic rings. The number of aromatic nitrogens is 1. The number of nitrogens with one attached hydrogen (secondary N) is 1. The van der Waals surface area contributed by atoms with Crippen LogP contribution in [0.4, 0.5) is 11.4 Å². The normalized spacial score (nSPS) is 12.6. The summed E-state index contributed by atoms with van der Waals surface area (Å²) < 4.78 is 0. The van der Waals surface area contributed by atoms with Crippen LogP contribution in [-0.2, 0) is 0 Å². The van der Waals surface area contributed by atoms with Crippen molar-refractivity contribution in [3.63, 3.8) is 0 Å². The molecular formula is C16H20ClN3S. The molecule has 5 heteroatoms. The highest BCUT2D eigenvalue weighted by molar-refractivity contribution is 7.99. The topological polar surface area (TPSA) is 20.6 Å². The number of halogens is 1. The van der Waals surface area contributed by atoms with Crippen LogP contribution in [0.2, 0.25) is 0 Å². The smallest absolute Gasteiger partial charge is 0.183 e. The fourth-order valence-electron chi connectivity index (χ4n) is 2.51. The first kappa shape index (κ1) is 16.1. The third-order valence-corrected chi connectivity index (χ3v) is 4.57. The molecule has 0 atom stereocenters. The Morgan fingerprint density at radius 3 is 2.67 bits per heavy atom. The van der Waals surface area contributed by atoms with Crippen molar-refractivity contribution in [3.05, 3.63) is 42.7 Å². The molecule has 2 aromatic rings. The fourth-order valence-corrected chi connectivity index (χ4v) is 3.59. The number of pyridine rings is 1. The van der Waals surface area contributed by atoms with Gasteiger partial charge in [0.2, 0.25) is 0 Å². The van der Waals surface area contributed by atoms with Crippen molar-refractivity contribution in [1.82, 2.24) is 4.90 Å². The molecule has 1 aromatic carbocycles. The van der Waals surface area contributed by atoms with E-state index in [1.165, 1.54) is 21.2 Å². The number of hydrogen-bond donors (Lipinski definition) is 0. The Morgan fingerprint density at radius 2 is 1.86 bits per heavy atom. The van der Waals surface area contributed by atoms with E-state index in [0.29, 0.717) is 0 Å². The lowest BCUT2D eigenvalue weighted by Gasteiger charge is -2.31. The summed E-state index contributed by atoms with van der Waals surface area (Å²) in [6, 6.07) is 10.8. The molecule has 0 spiro atoms. The molecule has 0 saturated heterocycles. The van der Waals surface area contributed by atoms with Gasteiger partial charge in [-0.05, 0) is 39.2 Å². The van der Waals surface area contributed by atoms with Gasteiger partial charge in [-0.2, -0.15) is 0 Å². The van der Waals surface area contributed by atoms with Crippen molar-refractivity contribution in [3.8, 4) is 0 Å². The van der Waals surface area contributed by atoms with E-state index in [1.807, 2.05) is 18.0 Å². The summed E-state index contributed by atoms with van der Waals surface area (Å²) >= 11 is 1.84. The molecule has 1 N–H and O–H groups in total. The van der Waals surface area contributed by atoms with Crippen LogP contribution in [0.5, 0.6) is 0 Å². The van der Waals surface area contributed by atoms with E-state index < -0.39 is 0 Å². The van der Waals surface area contributed by atoms with Crippen LogP contribution in [0.1, 0.15) is 6.42 Å². The number of H-pyrrole nitrogens is 1. The molecular weight excluding hydrogens is 302 g/mol. The van der Waals surface area contributed by atoms with E-state index in [-0.39, 0.29) is 12.4 Å². The van der Waals surface area contributed by atoms with Crippen LogP contribution in [0.3, 0.4) is 0 Å². The second kappa shape index (κ2) is 7.16. The maximum atomic E-state index is 3.19. The van der Waals surface area contributed by atoms with Crippen molar-refractivity contribution in [2.45, 2.75) is 16.2 Å². The minimum Gasteiger partial charge on any atom is -1.00 e. The van der Waals surface area contributed by atoms with Crippen molar-refractivity contribution >= 4 is 23.1 Å². The standard InChI is InChI=1S/C16H19N3S.ClH/c1-18(2)10-5-11-19-13-6-3-4-7-15(13)20-16-12-17-9-8-14(16)19;/h3-4,6-9,12H,5,10-11H2,1-2H3;1H. The second-order valence-electron chi connectivity index (χ2n) is 5.27. The predicted molar refractivity (Wildman–Crippen MR) is 83.7 cm³/mol. The van der Waals surface area contributed by atoms with Gasteiger partial charge in [0.25, 0.3) is 0 Å². The zero-order valence-corrected chi connectivity index (χ0v) is 13.9. The third-order valence-electron chi connectivity index (χ3n) is 3.46. The summed E-state index contributed by atoms with van der Waals surface area (Å²) in [5.41, 5.74) is 2.64. The Balaban J connectivity index is 0.00000161. The van der Waals surface area contributed by atoms with E-state index in [2.05, 4.69) is 65.4 Å². The summed E-state index contributed by atoms with van der Waals surface area (Å²) in [6.45, 7) is 2.16. The van der Waals surface area contributed by atoms with Gasteiger partial charge in [0.1, 0.15) is 0 Å². The highest BCUT2D eigenvalue weighted by Crippen LogP contribution is 2.47. The molecule has 0 unspecified atom stereocenters. The Bertz CT molecular complexity index is 558. The molecule has 21 heavy (non-hydrogen) atoms. The lowest BCUT2D eigenvalue weighted by molar-refractivity contribution is -0.380. The molecule has 0 fully saturated rings. The zero-order chi connectivity index (χ0) is 13.9. The number of para-hydroxylation sites is 1. The van der Waals surface area contributed by atoms with Gasteiger partial charge in [0.05, 0.1) is 16.3 Å². The number of nitrogens with zero attached hydrogens (tertiary/aromatic N) is 2. The summed E-state index contributed by atoms with van der Waals surface area (Å²) in [4.78, 5) is 10.5. The van der Waals surface area contributed by atoms with Gasteiger partial charge in [-0.1, -0.05) is 23.9 Å². The van der Waals surface area contributed by atoms with Gasteiger partial charge in [-0.25, -0.2) is 4.98 Å². The quantitative estimate of drug-likeness (QED) is 0.794. The van der Waals surface area contributed by atoms with Crippen LogP contribution < -0.4 is 22.3 Å². The van der Waals surface area contributed by atoms with Gasteiger partial charge >= 0.3 is 0 Å². The Kier molecular flexibility index (Phi) is 5.51. The SMILES string of the molecule is CN(C)CCCN1c2ccccc2Sc2c[nH+]ccc21.[Cl-]. The first-order valence-corrected chi connectivity index (χ1v) is 7.76. The van der Waals surface area contributed by atoms with E-state index in [4.69, 9.17) is 0 Å². The number of aromatic amines is 1. The van der Waals surface area contributed by atoms with Crippen molar-refractivity contribution in [2.75, 3.05) is 32.1 Å². The van der Waals surface area contributed by atoms with Gasteiger partial charge < -0.3 is 22.2 Å². The molecule has 0 amide bonds. The van der Waals surface area contributed by atoms with Crippen LogP contribution >= 0.6 is 11.8 Å². The van der Waals surface area contributed by atoms with E-state index in [0.717, 1.165) is 19.5 Å². The second-order valence-corrected chi connectivity index (χ2v) is 6.36. The maximum Gasteiger partial charge on any atom is 0.183 e. The van der Waals surface area contributed by atoms with Crippen LogP contribution in [-0.4, -0.2) is 32.1 Å². The summed E-state index contributed by atoms with van der Waals surface area (Å²) in [6.07, 6.45) is 5.26. The number of anilines is 2. The van der Waals surface area contributed by atoms with Crippen molar-refractivity contribution < 1.29 is 17.4 Å². The van der Waals surface area contributed by atoms with Crippen molar-refractivity contribution in [1.29, 1.82) is 0 Å². The third kappa shape index (κ3) is 3.51. The molecule has 1 aromatic heterocycles. The zero-order valence-electron chi connectivity index (χ0n) is 12.3. The summed E-state index contributed by atoms with van der Waals surface area (Å²) in [5.74, 6) is 0. The van der Waals surface area contributed by atoms with Crippen LogP contribution in [0, 0.1) is 0 Å². The van der Waals surface area contributed by atoms with Gasteiger partial charge in [0, 0.05) is 17.5 Å². The number of hydrogen-bond acceptors (Lipinski definition) is 3. The Morgan fingerprint density at radius 1 is 1.10 bits per heavy atom. The number of fused-ring (bicyclic) bond motifs is 2. The Labute approximate surface area is 136 Å². The lowest BCUT2D eigenvalue weighted by Crippen LogP contribution is -3.00. The molecule has 0 radical (unpaired) electrons. The molecule has 0 aliphatic carbocycles. The monoisotopic (exact) mass is 321 g/mol. The molecule has 2 heterocycles. The summed E-state index contributed by atoms with van der Waals surface area (Å²) in [5, 5.41) is 0. The molecule has 1 aliphatic heterocycles. The van der Waals surface area contributed by atoms with Crippen LogP contribution in [0.15, 0.2) is 52.5 Å². The predicted octanol–water partition coefficient (Wildman–Crippen LogP) is 0.0591. The number of rotatable bonds is 4. The van der Waals surface area contributed by atoms with E-state index >= 15 is 0 Å². The molecule has 0 saturated carbocycles. The molecule has 0 bridgehead atoms. The Hall–Kier alpha value is -1.23. The first-order valence-electron chi connectivity index (χ1n) is 6.95. The van der Waals surface area contributed by atoms with E-state index in [9.17, 15) is 0 Å². The molecule has 3 rings (SSSR count). The van der Waals surface area contributed by atoms with Crippen LogP contribution in [0.25, 0.3) is 0 Å².